The van der Waals surface area contributed by atoms with E-state index in [9.17, 15) is 29.7 Å². The molecule has 0 radical (unpaired) electrons. The monoisotopic (exact) mass is 638 g/mol. The first-order chi connectivity index (χ1) is 21.5. The Morgan fingerprint density at radius 3 is 2.22 bits per heavy atom. The Balaban J connectivity index is 1.48. The van der Waals surface area contributed by atoms with Gasteiger partial charge in [-0.15, -0.1) is 0 Å². The van der Waals surface area contributed by atoms with Crippen LogP contribution in [0.3, 0.4) is 0 Å². The lowest BCUT2D eigenvalue weighted by molar-refractivity contribution is -0.228. The highest BCUT2D eigenvalue weighted by Crippen LogP contribution is 2.44. The number of hydrogen-bond acceptors (Lipinski definition) is 6. The summed E-state index contributed by atoms with van der Waals surface area (Å²) in [6, 6.07) is 18.3. The molecule has 0 bridgehead atoms. The van der Waals surface area contributed by atoms with Crippen molar-refractivity contribution in [1.29, 1.82) is 0 Å². The smallest absolute Gasteiger partial charge is 0.340 e. The predicted octanol–water partition coefficient (Wildman–Crippen LogP) is 4.63. The Labute approximate surface area is 268 Å². The van der Waals surface area contributed by atoms with Gasteiger partial charge < -0.3 is 25.6 Å². The van der Waals surface area contributed by atoms with Crippen LogP contribution in [-0.2, 0) is 31.2 Å². The van der Waals surface area contributed by atoms with Gasteiger partial charge in [0.2, 0.25) is 5.60 Å². The van der Waals surface area contributed by atoms with Gasteiger partial charge in [-0.3, -0.25) is 19.3 Å². The fraction of sp³-hybridized carbons (Fsp3) is 0.455. The van der Waals surface area contributed by atoms with Crippen LogP contribution in [0.5, 0.6) is 0 Å². The number of thiocarbonyl (C=S) groups is 1. The highest BCUT2D eigenvalue weighted by Gasteiger charge is 2.47. The van der Waals surface area contributed by atoms with Gasteiger partial charge in [-0.1, -0.05) is 48.5 Å². The van der Waals surface area contributed by atoms with Crippen molar-refractivity contribution in [3.8, 4) is 0 Å². The third-order valence-electron chi connectivity index (χ3n) is 8.96. The number of aromatic nitrogens is 1. The molecule has 1 aliphatic carbocycles. The second-order valence-corrected chi connectivity index (χ2v) is 12.4. The maximum absolute atomic E-state index is 12.4. The Kier molecular flexibility index (Phi) is 11.2. The van der Waals surface area contributed by atoms with E-state index in [0.717, 1.165) is 42.1 Å². The standard InChI is InChI=1S/C33H42N4O7S/c1-36(2)32(25-8-4-3-5-9-25)16-12-23(13-17-32)15-19-37(44-33(30(42)43,20-28(38)39)21-29(40)41)31(45)34-18-14-24-22-35-27-11-7-6-10-26(24)27/h3-11,22-23,35H,12-21H2,1-2H3,(H,34,45)(H,38,39)(H,40,41)(H,42,43). The molecule has 1 fully saturated rings. The van der Waals surface area contributed by atoms with Crippen molar-refractivity contribution in [2.45, 2.75) is 62.5 Å². The molecule has 2 aromatic carbocycles. The van der Waals surface area contributed by atoms with Crippen LogP contribution < -0.4 is 5.32 Å². The van der Waals surface area contributed by atoms with E-state index in [0.29, 0.717) is 19.4 Å². The molecule has 1 heterocycles. The number of aromatic amines is 1. The third kappa shape index (κ3) is 8.19. The first-order valence-electron chi connectivity index (χ1n) is 15.2. The van der Waals surface area contributed by atoms with Crippen LogP contribution in [0.1, 0.15) is 56.1 Å². The first-order valence-corrected chi connectivity index (χ1v) is 15.6. The minimum Gasteiger partial charge on any atom is -0.481 e. The molecule has 0 amide bonds. The number of hydrogen-bond donors (Lipinski definition) is 5. The van der Waals surface area contributed by atoms with Gasteiger partial charge in [0.25, 0.3) is 0 Å². The number of fused-ring (bicyclic) bond motifs is 1. The molecule has 0 atom stereocenters. The number of nitrogens with one attached hydrogen (secondary N) is 2. The number of H-pyrrole nitrogens is 1. The number of rotatable bonds is 15. The SMILES string of the molecule is CN(C)C1(c2ccccc2)CCC(CCN(OC(CC(=O)O)(CC(=O)O)C(=O)O)C(=S)NCCc2c[nH]c3ccccc23)CC1. The van der Waals surface area contributed by atoms with E-state index < -0.39 is 36.4 Å². The summed E-state index contributed by atoms with van der Waals surface area (Å²) in [7, 11) is 4.19. The van der Waals surface area contributed by atoms with E-state index in [2.05, 4.69) is 53.6 Å². The Morgan fingerprint density at radius 1 is 1.00 bits per heavy atom. The zero-order chi connectivity index (χ0) is 32.6. The molecule has 12 heteroatoms. The van der Waals surface area contributed by atoms with Gasteiger partial charge >= 0.3 is 17.9 Å². The second-order valence-electron chi connectivity index (χ2n) is 12.0. The van der Waals surface area contributed by atoms with Gasteiger partial charge in [0.15, 0.2) is 5.11 Å². The molecule has 11 nitrogen and oxygen atoms in total. The molecular weight excluding hydrogens is 596 g/mol. The normalized spacial score (nSPS) is 18.5. The van der Waals surface area contributed by atoms with Crippen LogP contribution >= 0.6 is 12.2 Å². The number of carboxylic acids is 3. The number of nitrogens with zero attached hydrogens (tertiary/aromatic N) is 2. The molecule has 0 aliphatic heterocycles. The lowest BCUT2D eigenvalue weighted by Crippen LogP contribution is -2.53. The molecule has 45 heavy (non-hydrogen) atoms. The molecule has 1 aliphatic rings. The van der Waals surface area contributed by atoms with E-state index in [-0.39, 0.29) is 23.1 Å². The fourth-order valence-electron chi connectivity index (χ4n) is 6.42. The number of carbonyl (C=O) groups is 3. The summed E-state index contributed by atoms with van der Waals surface area (Å²) in [4.78, 5) is 47.1. The highest BCUT2D eigenvalue weighted by atomic mass is 32.1. The van der Waals surface area contributed by atoms with Gasteiger partial charge in [0.05, 0.1) is 12.8 Å². The molecule has 1 aromatic heterocycles. The summed E-state index contributed by atoms with van der Waals surface area (Å²) < 4.78 is 0. The van der Waals surface area contributed by atoms with Gasteiger partial charge in [-0.2, -0.15) is 0 Å². The number of benzene rings is 2. The maximum Gasteiger partial charge on any atom is 0.340 e. The largest absolute Gasteiger partial charge is 0.481 e. The quantitative estimate of drug-likeness (QED) is 0.117. The average molecular weight is 639 g/mol. The lowest BCUT2D eigenvalue weighted by atomic mass is 9.71. The van der Waals surface area contributed by atoms with Gasteiger partial charge in [-0.25, -0.2) is 9.86 Å². The van der Waals surface area contributed by atoms with E-state index in [4.69, 9.17) is 17.1 Å². The molecular formula is C33H42N4O7S. The molecule has 4 rings (SSSR count). The fourth-order valence-corrected chi connectivity index (χ4v) is 6.65. The van der Waals surface area contributed by atoms with Crippen molar-refractivity contribution in [3.63, 3.8) is 0 Å². The summed E-state index contributed by atoms with van der Waals surface area (Å²) in [6.45, 7) is 0.558. The van der Waals surface area contributed by atoms with Gasteiger partial charge in [-0.05, 0) is 87.9 Å². The van der Waals surface area contributed by atoms with Crippen molar-refractivity contribution < 1.29 is 34.5 Å². The maximum atomic E-state index is 12.4. The van der Waals surface area contributed by atoms with Crippen LogP contribution in [0.2, 0.25) is 0 Å². The Morgan fingerprint density at radius 2 is 1.62 bits per heavy atom. The summed E-state index contributed by atoms with van der Waals surface area (Å²) in [6.07, 6.45) is 4.71. The number of hydroxylamine groups is 2. The van der Waals surface area contributed by atoms with E-state index in [1.165, 1.54) is 10.6 Å². The minimum absolute atomic E-state index is 0.0685. The van der Waals surface area contributed by atoms with Crippen molar-refractivity contribution in [3.05, 3.63) is 71.9 Å². The summed E-state index contributed by atoms with van der Waals surface area (Å²) in [5, 5.41) is 34.5. The van der Waals surface area contributed by atoms with E-state index in [1.807, 2.05) is 36.5 Å². The summed E-state index contributed by atoms with van der Waals surface area (Å²) in [5.41, 5.74) is 0.712. The zero-order valence-corrected chi connectivity index (χ0v) is 26.5. The number of carboxylic acid groups (broad SMARTS) is 3. The molecule has 5 N–H and O–H groups in total. The summed E-state index contributed by atoms with van der Waals surface area (Å²) in [5.74, 6) is -4.40. The minimum atomic E-state index is -2.54. The van der Waals surface area contributed by atoms with Crippen molar-refractivity contribution in [2.24, 2.45) is 5.92 Å². The molecule has 0 unspecified atom stereocenters. The third-order valence-corrected chi connectivity index (χ3v) is 9.31. The second kappa shape index (κ2) is 14.9. The van der Waals surface area contributed by atoms with Crippen LogP contribution in [0.15, 0.2) is 60.8 Å². The Hall–Kier alpha value is -4.00. The van der Waals surface area contributed by atoms with Crippen LogP contribution in [-0.4, -0.2) is 86.1 Å². The van der Waals surface area contributed by atoms with Gasteiger partial charge in [0.1, 0.15) is 0 Å². The molecule has 0 saturated heterocycles. The van der Waals surface area contributed by atoms with Crippen molar-refractivity contribution in [2.75, 3.05) is 27.2 Å². The summed E-state index contributed by atoms with van der Waals surface area (Å²) >= 11 is 5.64. The topological polar surface area (TPSA) is 155 Å². The van der Waals surface area contributed by atoms with E-state index in [1.54, 1.807) is 0 Å². The average Bonchev–Trinajstić information content (AvgIpc) is 3.42. The van der Waals surface area contributed by atoms with Crippen LogP contribution in [0.4, 0.5) is 0 Å². The number of aliphatic carboxylic acids is 3. The zero-order valence-electron chi connectivity index (χ0n) is 25.7. The van der Waals surface area contributed by atoms with Crippen molar-refractivity contribution in [1.82, 2.24) is 20.3 Å². The van der Waals surface area contributed by atoms with E-state index >= 15 is 0 Å². The highest BCUT2D eigenvalue weighted by molar-refractivity contribution is 7.80. The first kappa shape index (κ1) is 33.9. The van der Waals surface area contributed by atoms with Crippen LogP contribution in [0.25, 0.3) is 10.9 Å². The molecule has 0 spiro atoms. The number of para-hydroxylation sites is 1. The molecule has 3 aromatic rings. The predicted molar refractivity (Wildman–Crippen MR) is 174 cm³/mol. The van der Waals surface area contributed by atoms with Gasteiger partial charge in [0, 0.05) is 35.7 Å². The van der Waals surface area contributed by atoms with Crippen molar-refractivity contribution >= 4 is 46.1 Å². The Bertz CT molecular complexity index is 1470. The molecule has 1 saturated carbocycles. The van der Waals surface area contributed by atoms with Crippen LogP contribution in [0, 0.1) is 5.92 Å². The lowest BCUT2D eigenvalue weighted by Gasteiger charge is -2.46. The molecule has 242 valence electrons.